The Morgan fingerprint density at radius 3 is 2.79 bits per heavy atom. The third-order valence-corrected chi connectivity index (χ3v) is 2.61. The Labute approximate surface area is 89.3 Å². The lowest BCUT2D eigenvalue weighted by Crippen LogP contribution is -1.92. The van der Waals surface area contributed by atoms with E-state index in [0.29, 0.717) is 5.82 Å². The highest BCUT2D eigenvalue weighted by atomic mass is 79.9. The lowest BCUT2D eigenvalue weighted by molar-refractivity contribution is 0.630. The number of hydrogen-bond donors (Lipinski definition) is 0. The van der Waals surface area contributed by atoms with E-state index in [-0.39, 0.29) is 0 Å². The summed E-state index contributed by atoms with van der Waals surface area (Å²) >= 11 is 3.38. The standard InChI is InChI=1S/C8H8BrN5/c1-5-3-7(10-4-6(5)9)8-11-13-14(2)12-8/h3-4H,1-2H3. The van der Waals surface area contributed by atoms with Crippen LogP contribution in [0.3, 0.4) is 0 Å². The first-order valence-electron chi connectivity index (χ1n) is 4.03. The molecule has 5 nitrogen and oxygen atoms in total. The maximum Gasteiger partial charge on any atom is 0.223 e. The maximum absolute atomic E-state index is 4.20. The van der Waals surface area contributed by atoms with Gasteiger partial charge in [0.25, 0.3) is 0 Å². The molecule has 0 unspecified atom stereocenters. The van der Waals surface area contributed by atoms with E-state index in [2.05, 4.69) is 36.3 Å². The van der Waals surface area contributed by atoms with Gasteiger partial charge in [-0.1, -0.05) is 0 Å². The van der Waals surface area contributed by atoms with Crippen molar-refractivity contribution in [3.63, 3.8) is 0 Å². The van der Waals surface area contributed by atoms with Gasteiger partial charge in [-0.2, -0.15) is 4.80 Å². The molecule has 0 aliphatic heterocycles. The van der Waals surface area contributed by atoms with Crippen LogP contribution < -0.4 is 0 Å². The van der Waals surface area contributed by atoms with Crippen LogP contribution in [0, 0.1) is 6.92 Å². The summed E-state index contributed by atoms with van der Waals surface area (Å²) in [4.78, 5) is 5.61. The molecule has 0 amide bonds. The SMILES string of the molecule is Cc1cc(-c2nnn(C)n2)ncc1Br. The van der Waals surface area contributed by atoms with Gasteiger partial charge in [0.15, 0.2) is 0 Å². The monoisotopic (exact) mass is 253 g/mol. The summed E-state index contributed by atoms with van der Waals surface area (Å²) < 4.78 is 0.977. The predicted molar refractivity (Wildman–Crippen MR) is 54.5 cm³/mol. The molecule has 0 fully saturated rings. The van der Waals surface area contributed by atoms with Crippen molar-refractivity contribution in [1.29, 1.82) is 0 Å². The highest BCUT2D eigenvalue weighted by Crippen LogP contribution is 2.18. The molecule has 0 saturated carbocycles. The van der Waals surface area contributed by atoms with E-state index in [4.69, 9.17) is 0 Å². The van der Waals surface area contributed by atoms with Gasteiger partial charge in [-0.15, -0.1) is 10.2 Å². The first-order chi connectivity index (χ1) is 6.66. The van der Waals surface area contributed by atoms with E-state index in [1.165, 1.54) is 4.80 Å². The molecule has 0 saturated heterocycles. The molecule has 2 rings (SSSR count). The lowest BCUT2D eigenvalue weighted by atomic mass is 10.2. The van der Waals surface area contributed by atoms with Gasteiger partial charge in [-0.3, -0.25) is 4.98 Å². The van der Waals surface area contributed by atoms with Gasteiger partial charge < -0.3 is 0 Å². The van der Waals surface area contributed by atoms with Crippen LogP contribution in [0.25, 0.3) is 11.5 Å². The summed E-state index contributed by atoms with van der Waals surface area (Å²) in [6, 6.07) is 1.92. The van der Waals surface area contributed by atoms with Crippen molar-refractivity contribution < 1.29 is 0 Å². The Morgan fingerprint density at radius 2 is 2.21 bits per heavy atom. The Morgan fingerprint density at radius 1 is 1.43 bits per heavy atom. The summed E-state index contributed by atoms with van der Waals surface area (Å²) in [6.07, 6.45) is 1.74. The van der Waals surface area contributed by atoms with Gasteiger partial charge >= 0.3 is 0 Å². The number of nitrogens with zero attached hydrogens (tertiary/aromatic N) is 5. The van der Waals surface area contributed by atoms with Gasteiger partial charge in [0, 0.05) is 10.7 Å². The number of halogens is 1. The second-order valence-electron chi connectivity index (χ2n) is 2.92. The van der Waals surface area contributed by atoms with Crippen LogP contribution in [0.2, 0.25) is 0 Å². The molecule has 2 aromatic rings. The molecule has 0 aromatic carbocycles. The summed E-state index contributed by atoms with van der Waals surface area (Å²) in [5.41, 5.74) is 1.83. The third kappa shape index (κ3) is 1.65. The number of pyridine rings is 1. The second kappa shape index (κ2) is 3.45. The average molecular weight is 254 g/mol. The first kappa shape index (κ1) is 9.26. The van der Waals surface area contributed by atoms with E-state index in [9.17, 15) is 0 Å². The van der Waals surface area contributed by atoms with Gasteiger partial charge in [0.2, 0.25) is 5.82 Å². The van der Waals surface area contributed by atoms with Crippen molar-refractivity contribution in [2.45, 2.75) is 6.92 Å². The van der Waals surface area contributed by atoms with Gasteiger partial charge in [0.05, 0.1) is 7.05 Å². The zero-order valence-electron chi connectivity index (χ0n) is 7.77. The van der Waals surface area contributed by atoms with Crippen molar-refractivity contribution >= 4 is 15.9 Å². The molecule has 72 valence electrons. The van der Waals surface area contributed by atoms with Crippen molar-refractivity contribution in [2.75, 3.05) is 0 Å². The lowest BCUT2D eigenvalue weighted by Gasteiger charge is -1.98. The Hall–Kier alpha value is -1.30. The molecule has 0 radical (unpaired) electrons. The van der Waals surface area contributed by atoms with Crippen LogP contribution in [0.1, 0.15) is 5.56 Å². The van der Waals surface area contributed by atoms with Crippen molar-refractivity contribution in [3.05, 3.63) is 22.3 Å². The van der Waals surface area contributed by atoms with E-state index in [0.717, 1.165) is 15.7 Å². The van der Waals surface area contributed by atoms with Crippen molar-refractivity contribution in [2.24, 2.45) is 7.05 Å². The van der Waals surface area contributed by atoms with Crippen LogP contribution in [0.4, 0.5) is 0 Å². The highest BCUT2D eigenvalue weighted by Gasteiger charge is 2.06. The molecular weight excluding hydrogens is 246 g/mol. The number of aryl methyl sites for hydroxylation is 2. The number of hydrogen-bond acceptors (Lipinski definition) is 4. The Bertz CT molecular complexity index is 465. The Balaban J connectivity index is 2.47. The van der Waals surface area contributed by atoms with E-state index < -0.39 is 0 Å². The molecule has 0 aliphatic rings. The Kier molecular flexibility index (Phi) is 2.28. The summed E-state index contributed by atoms with van der Waals surface area (Å²) in [6.45, 7) is 1.99. The normalized spacial score (nSPS) is 10.5. The molecule has 14 heavy (non-hydrogen) atoms. The molecular formula is C8H8BrN5. The number of rotatable bonds is 1. The molecule has 0 aliphatic carbocycles. The van der Waals surface area contributed by atoms with Gasteiger partial charge in [0.1, 0.15) is 5.69 Å². The van der Waals surface area contributed by atoms with Gasteiger partial charge in [-0.25, -0.2) is 0 Å². The highest BCUT2D eigenvalue weighted by molar-refractivity contribution is 9.10. The van der Waals surface area contributed by atoms with Crippen molar-refractivity contribution in [1.82, 2.24) is 25.2 Å². The van der Waals surface area contributed by atoms with Crippen LogP contribution in [0.15, 0.2) is 16.7 Å². The fraction of sp³-hybridized carbons (Fsp3) is 0.250. The maximum atomic E-state index is 4.20. The molecule has 6 heteroatoms. The smallest absolute Gasteiger partial charge is 0.223 e. The summed E-state index contributed by atoms with van der Waals surface area (Å²) in [5.74, 6) is 0.545. The predicted octanol–water partition coefficient (Wildman–Crippen LogP) is 1.34. The van der Waals surface area contributed by atoms with E-state index >= 15 is 0 Å². The van der Waals surface area contributed by atoms with Crippen molar-refractivity contribution in [3.8, 4) is 11.5 Å². The minimum Gasteiger partial charge on any atom is -0.252 e. The molecule has 0 atom stereocenters. The quantitative estimate of drug-likeness (QED) is 0.770. The second-order valence-corrected chi connectivity index (χ2v) is 3.78. The summed E-state index contributed by atoms with van der Waals surface area (Å²) in [7, 11) is 1.72. The van der Waals surface area contributed by atoms with E-state index in [1.807, 2.05) is 13.0 Å². The fourth-order valence-electron chi connectivity index (χ4n) is 1.05. The van der Waals surface area contributed by atoms with Crippen LogP contribution in [-0.4, -0.2) is 25.2 Å². The topological polar surface area (TPSA) is 56.5 Å². The molecule has 0 bridgehead atoms. The first-order valence-corrected chi connectivity index (χ1v) is 4.82. The minimum atomic E-state index is 0.545. The average Bonchev–Trinajstić information content (AvgIpc) is 2.57. The van der Waals surface area contributed by atoms with E-state index in [1.54, 1.807) is 13.2 Å². The van der Waals surface area contributed by atoms with Gasteiger partial charge in [-0.05, 0) is 39.7 Å². The summed E-state index contributed by atoms with van der Waals surface area (Å²) in [5, 5.41) is 11.7. The molecule has 0 N–H and O–H groups in total. The van der Waals surface area contributed by atoms with Crippen LogP contribution in [0.5, 0.6) is 0 Å². The molecule has 2 aromatic heterocycles. The van der Waals surface area contributed by atoms with Crippen LogP contribution in [-0.2, 0) is 7.05 Å². The molecule has 0 spiro atoms. The van der Waals surface area contributed by atoms with Crippen LogP contribution >= 0.6 is 15.9 Å². The number of tetrazole rings is 1. The molecule has 2 heterocycles. The third-order valence-electron chi connectivity index (χ3n) is 1.78. The largest absolute Gasteiger partial charge is 0.252 e. The minimum absolute atomic E-state index is 0.545. The fourth-order valence-corrected chi connectivity index (χ4v) is 1.27. The zero-order valence-corrected chi connectivity index (χ0v) is 9.35. The number of aromatic nitrogens is 5. The zero-order chi connectivity index (χ0) is 10.1.